The van der Waals surface area contributed by atoms with Crippen molar-refractivity contribution >= 4 is 17.6 Å². The molecule has 2 aromatic rings. The number of benzene rings is 2. The number of amides is 2. The first-order valence-electron chi connectivity index (χ1n) is 6.79. The van der Waals surface area contributed by atoms with Crippen LogP contribution >= 0.6 is 0 Å². The van der Waals surface area contributed by atoms with Gasteiger partial charge in [0, 0.05) is 11.1 Å². The van der Waals surface area contributed by atoms with Gasteiger partial charge in [0.2, 0.25) is 5.91 Å². The Morgan fingerprint density at radius 3 is 2.05 bits per heavy atom. The van der Waals surface area contributed by atoms with Gasteiger partial charge in [-0.05, 0) is 13.0 Å². The molecule has 0 aliphatic carbocycles. The van der Waals surface area contributed by atoms with Crippen molar-refractivity contribution in [1.82, 2.24) is 5.32 Å². The summed E-state index contributed by atoms with van der Waals surface area (Å²) in [5, 5.41) is 2.48. The SMILES string of the molecule is CC(NC(=O)c1ccccc1C(=O)c1ccccc1)C(N)=O. The lowest BCUT2D eigenvalue weighted by molar-refractivity contribution is -0.119. The van der Waals surface area contributed by atoms with Crippen LogP contribution < -0.4 is 11.1 Å². The third kappa shape index (κ3) is 3.38. The molecule has 0 spiro atoms. The maximum Gasteiger partial charge on any atom is 0.252 e. The molecule has 5 heteroatoms. The van der Waals surface area contributed by atoms with Crippen molar-refractivity contribution < 1.29 is 14.4 Å². The lowest BCUT2D eigenvalue weighted by Crippen LogP contribution is -2.42. The van der Waals surface area contributed by atoms with Gasteiger partial charge in [-0.25, -0.2) is 0 Å². The fraction of sp³-hybridized carbons (Fsp3) is 0.118. The summed E-state index contributed by atoms with van der Waals surface area (Å²) in [5.41, 5.74) is 6.11. The number of primary amides is 1. The van der Waals surface area contributed by atoms with Crippen molar-refractivity contribution in [2.45, 2.75) is 13.0 Å². The van der Waals surface area contributed by atoms with E-state index in [1.54, 1.807) is 48.5 Å². The van der Waals surface area contributed by atoms with E-state index in [4.69, 9.17) is 5.73 Å². The summed E-state index contributed by atoms with van der Waals surface area (Å²) in [5.74, 6) is -1.40. The number of ketones is 1. The Balaban J connectivity index is 2.33. The second-order valence-corrected chi connectivity index (χ2v) is 4.84. The number of nitrogens with two attached hydrogens (primary N) is 1. The minimum atomic E-state index is -0.813. The Labute approximate surface area is 128 Å². The molecule has 0 aromatic heterocycles. The number of hydrogen-bond acceptors (Lipinski definition) is 3. The second-order valence-electron chi connectivity index (χ2n) is 4.84. The van der Waals surface area contributed by atoms with Gasteiger partial charge < -0.3 is 11.1 Å². The van der Waals surface area contributed by atoms with Crippen molar-refractivity contribution in [1.29, 1.82) is 0 Å². The van der Waals surface area contributed by atoms with Crippen LogP contribution in [0.25, 0.3) is 0 Å². The normalized spacial score (nSPS) is 11.5. The lowest BCUT2D eigenvalue weighted by Gasteiger charge is -2.12. The first-order valence-corrected chi connectivity index (χ1v) is 6.79. The molecule has 0 radical (unpaired) electrons. The topological polar surface area (TPSA) is 89.3 Å². The van der Waals surface area contributed by atoms with Crippen molar-refractivity contribution in [3.05, 3.63) is 71.3 Å². The zero-order valence-electron chi connectivity index (χ0n) is 12.1. The van der Waals surface area contributed by atoms with E-state index < -0.39 is 17.9 Å². The molecule has 0 fully saturated rings. The van der Waals surface area contributed by atoms with E-state index in [0.717, 1.165) is 0 Å². The summed E-state index contributed by atoms with van der Waals surface area (Å²) in [6.45, 7) is 1.49. The van der Waals surface area contributed by atoms with Gasteiger partial charge in [0.1, 0.15) is 6.04 Å². The van der Waals surface area contributed by atoms with Gasteiger partial charge in [-0.15, -0.1) is 0 Å². The van der Waals surface area contributed by atoms with Crippen molar-refractivity contribution in [3.63, 3.8) is 0 Å². The van der Waals surface area contributed by atoms with Crippen LogP contribution in [-0.2, 0) is 4.79 Å². The Kier molecular flexibility index (Phi) is 4.68. The van der Waals surface area contributed by atoms with E-state index >= 15 is 0 Å². The van der Waals surface area contributed by atoms with E-state index in [0.29, 0.717) is 5.56 Å². The van der Waals surface area contributed by atoms with Crippen LogP contribution in [0, 0.1) is 0 Å². The molecule has 0 saturated carbocycles. The first-order chi connectivity index (χ1) is 10.5. The molecule has 5 nitrogen and oxygen atoms in total. The Morgan fingerprint density at radius 1 is 0.909 bits per heavy atom. The second kappa shape index (κ2) is 6.67. The Bertz CT molecular complexity index is 711. The number of carbonyl (C=O) groups is 3. The first kappa shape index (κ1) is 15.4. The average Bonchev–Trinajstić information content (AvgIpc) is 2.54. The number of carbonyl (C=O) groups excluding carboxylic acids is 3. The van der Waals surface area contributed by atoms with Gasteiger partial charge in [-0.1, -0.05) is 48.5 Å². The van der Waals surface area contributed by atoms with Gasteiger partial charge in [0.15, 0.2) is 5.78 Å². The van der Waals surface area contributed by atoms with E-state index in [1.807, 2.05) is 6.07 Å². The molecule has 0 heterocycles. The minimum absolute atomic E-state index is 0.212. The highest BCUT2D eigenvalue weighted by Gasteiger charge is 2.20. The predicted molar refractivity (Wildman–Crippen MR) is 82.4 cm³/mol. The standard InChI is InChI=1S/C17H16N2O3/c1-11(16(18)21)19-17(22)14-10-6-5-9-13(14)15(20)12-7-3-2-4-8-12/h2-11H,1H3,(H2,18,21)(H,19,22). The fourth-order valence-electron chi connectivity index (χ4n) is 1.97. The molecule has 1 unspecified atom stereocenters. The molecule has 3 N–H and O–H groups in total. The highest BCUT2D eigenvalue weighted by Crippen LogP contribution is 2.15. The molecule has 22 heavy (non-hydrogen) atoms. The molecule has 0 aliphatic heterocycles. The summed E-state index contributed by atoms with van der Waals surface area (Å²) in [4.78, 5) is 35.8. The maximum absolute atomic E-state index is 12.5. The van der Waals surface area contributed by atoms with Crippen LogP contribution in [0.3, 0.4) is 0 Å². The van der Waals surface area contributed by atoms with Gasteiger partial charge in [-0.2, -0.15) is 0 Å². The molecule has 0 aliphatic rings. The Hall–Kier alpha value is -2.95. The highest BCUT2D eigenvalue weighted by molar-refractivity contribution is 6.15. The van der Waals surface area contributed by atoms with Crippen molar-refractivity contribution in [2.75, 3.05) is 0 Å². The number of hydrogen-bond donors (Lipinski definition) is 2. The number of nitrogens with one attached hydrogen (secondary N) is 1. The Morgan fingerprint density at radius 2 is 1.45 bits per heavy atom. The summed E-state index contributed by atoms with van der Waals surface area (Å²) < 4.78 is 0. The molecule has 2 amide bonds. The summed E-state index contributed by atoms with van der Waals surface area (Å²) in [6, 6.07) is 14.3. The van der Waals surface area contributed by atoms with Crippen molar-refractivity contribution in [2.24, 2.45) is 5.73 Å². The molecule has 1 atom stereocenters. The van der Waals surface area contributed by atoms with Crippen molar-refractivity contribution in [3.8, 4) is 0 Å². The smallest absolute Gasteiger partial charge is 0.252 e. The predicted octanol–water partition coefficient (Wildman–Crippen LogP) is 1.52. The molecule has 2 rings (SSSR count). The number of rotatable bonds is 5. The van der Waals surface area contributed by atoms with Gasteiger partial charge in [0.05, 0.1) is 5.56 Å². The lowest BCUT2D eigenvalue weighted by atomic mass is 9.98. The summed E-state index contributed by atoms with van der Waals surface area (Å²) in [7, 11) is 0. The van der Waals surface area contributed by atoms with Crippen LogP contribution in [0.2, 0.25) is 0 Å². The molecular formula is C17H16N2O3. The summed E-state index contributed by atoms with van der Waals surface area (Å²) >= 11 is 0. The van der Waals surface area contributed by atoms with E-state index in [1.165, 1.54) is 6.92 Å². The van der Waals surface area contributed by atoms with E-state index in [2.05, 4.69) is 5.32 Å². The third-order valence-corrected chi connectivity index (χ3v) is 3.23. The quantitative estimate of drug-likeness (QED) is 0.820. The van der Waals surface area contributed by atoms with E-state index in [-0.39, 0.29) is 16.9 Å². The van der Waals surface area contributed by atoms with Gasteiger partial charge >= 0.3 is 0 Å². The van der Waals surface area contributed by atoms with E-state index in [9.17, 15) is 14.4 Å². The largest absolute Gasteiger partial charge is 0.368 e. The monoisotopic (exact) mass is 296 g/mol. The van der Waals surface area contributed by atoms with Crippen LogP contribution in [-0.4, -0.2) is 23.6 Å². The molecule has 0 saturated heterocycles. The zero-order chi connectivity index (χ0) is 16.1. The minimum Gasteiger partial charge on any atom is -0.368 e. The van der Waals surface area contributed by atoms with Crippen LogP contribution in [0.1, 0.15) is 33.2 Å². The zero-order valence-corrected chi connectivity index (χ0v) is 12.1. The third-order valence-electron chi connectivity index (χ3n) is 3.23. The average molecular weight is 296 g/mol. The summed E-state index contributed by atoms with van der Waals surface area (Å²) in [6.07, 6.45) is 0. The van der Waals surface area contributed by atoms with Gasteiger partial charge in [0.25, 0.3) is 5.91 Å². The molecule has 0 bridgehead atoms. The van der Waals surface area contributed by atoms with Gasteiger partial charge in [-0.3, -0.25) is 14.4 Å². The fourth-order valence-corrected chi connectivity index (χ4v) is 1.97. The molecule has 112 valence electrons. The highest BCUT2D eigenvalue weighted by atomic mass is 16.2. The molecular weight excluding hydrogens is 280 g/mol. The van der Waals surface area contributed by atoms with Crippen LogP contribution in [0.4, 0.5) is 0 Å². The maximum atomic E-state index is 12.5. The van der Waals surface area contributed by atoms with Crippen LogP contribution in [0.5, 0.6) is 0 Å². The molecule has 2 aromatic carbocycles. The van der Waals surface area contributed by atoms with Crippen LogP contribution in [0.15, 0.2) is 54.6 Å².